The van der Waals surface area contributed by atoms with E-state index < -0.39 is 7.67 Å². The molecule has 21 heavy (non-hydrogen) atoms. The standard InChI is InChI=1S/C16H19N2O2P/c1-12-10-17(12)21(19,18-11-13(18)2)20-16-9-5-7-14-6-3-4-8-15(14)16/h3-9,12-13H,10-11H2,1-2H3/t12-,13-,17?,18?,21?/m0/s1. The molecule has 0 aromatic heterocycles. The van der Waals surface area contributed by atoms with Gasteiger partial charge in [-0.3, -0.25) is 0 Å². The topological polar surface area (TPSA) is 32.3 Å². The quantitative estimate of drug-likeness (QED) is 0.636. The van der Waals surface area contributed by atoms with Gasteiger partial charge < -0.3 is 4.52 Å². The van der Waals surface area contributed by atoms with E-state index in [4.69, 9.17) is 4.52 Å². The predicted molar refractivity (Wildman–Crippen MR) is 84.5 cm³/mol. The number of rotatable bonds is 4. The van der Waals surface area contributed by atoms with Gasteiger partial charge in [0.05, 0.1) is 0 Å². The van der Waals surface area contributed by atoms with Gasteiger partial charge in [-0.25, -0.2) is 13.9 Å². The molecular formula is C16H19N2O2P. The van der Waals surface area contributed by atoms with Crippen molar-refractivity contribution >= 4 is 18.4 Å². The molecule has 0 aliphatic carbocycles. The highest BCUT2D eigenvalue weighted by Crippen LogP contribution is 2.64. The molecule has 5 heteroatoms. The molecule has 2 aromatic carbocycles. The summed E-state index contributed by atoms with van der Waals surface area (Å²) in [4.78, 5) is 0. The maximum absolute atomic E-state index is 13.4. The molecule has 0 spiro atoms. The molecule has 0 bridgehead atoms. The Hall–Kier alpha value is -1.35. The van der Waals surface area contributed by atoms with Crippen LogP contribution < -0.4 is 4.52 Å². The molecule has 2 aliphatic heterocycles. The number of hydrogen-bond donors (Lipinski definition) is 0. The Labute approximate surface area is 124 Å². The van der Waals surface area contributed by atoms with Gasteiger partial charge >= 0.3 is 7.67 Å². The fourth-order valence-electron chi connectivity index (χ4n) is 2.81. The third kappa shape index (κ3) is 2.18. The van der Waals surface area contributed by atoms with Crippen LogP contribution in [0.2, 0.25) is 0 Å². The molecule has 4 rings (SSSR count). The maximum atomic E-state index is 13.4. The van der Waals surface area contributed by atoms with Crippen LogP contribution in [0.4, 0.5) is 0 Å². The van der Waals surface area contributed by atoms with Gasteiger partial charge in [0.1, 0.15) is 5.75 Å². The van der Waals surface area contributed by atoms with Crippen LogP contribution in [0.15, 0.2) is 42.5 Å². The van der Waals surface area contributed by atoms with Crippen molar-refractivity contribution in [2.24, 2.45) is 0 Å². The monoisotopic (exact) mass is 302 g/mol. The zero-order valence-electron chi connectivity index (χ0n) is 12.3. The van der Waals surface area contributed by atoms with Crippen molar-refractivity contribution in [3.05, 3.63) is 42.5 Å². The number of fused-ring (bicyclic) bond motifs is 1. The van der Waals surface area contributed by atoms with Crippen molar-refractivity contribution in [2.45, 2.75) is 25.9 Å². The van der Waals surface area contributed by atoms with Crippen LogP contribution in [0.1, 0.15) is 13.8 Å². The first-order valence-electron chi connectivity index (χ1n) is 7.41. The lowest BCUT2D eigenvalue weighted by Gasteiger charge is -2.22. The van der Waals surface area contributed by atoms with Crippen LogP contribution in [0, 0.1) is 0 Å². The van der Waals surface area contributed by atoms with Gasteiger partial charge in [-0.2, -0.15) is 0 Å². The van der Waals surface area contributed by atoms with Crippen LogP contribution in [0.5, 0.6) is 5.75 Å². The van der Waals surface area contributed by atoms with Crippen molar-refractivity contribution in [3.8, 4) is 5.75 Å². The summed E-state index contributed by atoms with van der Waals surface area (Å²) >= 11 is 0. The van der Waals surface area contributed by atoms with E-state index in [9.17, 15) is 4.57 Å². The predicted octanol–water partition coefficient (Wildman–Crippen LogP) is 3.73. The number of hydrogen-bond acceptors (Lipinski definition) is 2. The lowest BCUT2D eigenvalue weighted by molar-refractivity contribution is 0.402. The third-order valence-corrected chi connectivity index (χ3v) is 7.12. The fourth-order valence-corrected chi connectivity index (χ4v) is 5.61. The first-order valence-corrected chi connectivity index (χ1v) is 8.94. The van der Waals surface area contributed by atoms with Crippen LogP contribution in [0.25, 0.3) is 10.8 Å². The van der Waals surface area contributed by atoms with Crippen molar-refractivity contribution < 1.29 is 9.09 Å². The summed E-state index contributed by atoms with van der Waals surface area (Å²) in [6.45, 7) is 5.89. The first kappa shape index (κ1) is 13.3. The molecule has 4 nitrogen and oxygen atoms in total. The zero-order valence-corrected chi connectivity index (χ0v) is 13.2. The summed E-state index contributed by atoms with van der Waals surface area (Å²) in [7, 11) is -2.91. The number of nitrogens with zero attached hydrogens (tertiary/aromatic N) is 2. The lowest BCUT2D eigenvalue weighted by atomic mass is 10.1. The van der Waals surface area contributed by atoms with Crippen LogP contribution in [-0.4, -0.2) is 34.5 Å². The molecule has 0 amide bonds. The minimum atomic E-state index is -2.91. The maximum Gasteiger partial charge on any atom is 0.396 e. The molecule has 0 N–H and O–H groups in total. The Bertz CT molecular complexity index is 723. The van der Waals surface area contributed by atoms with Crippen molar-refractivity contribution in [1.82, 2.24) is 9.34 Å². The highest BCUT2D eigenvalue weighted by atomic mass is 31.2. The van der Waals surface area contributed by atoms with Crippen LogP contribution in [-0.2, 0) is 4.57 Å². The van der Waals surface area contributed by atoms with Crippen molar-refractivity contribution in [3.63, 3.8) is 0 Å². The molecule has 2 unspecified atom stereocenters. The van der Waals surface area contributed by atoms with Gasteiger partial charge in [-0.05, 0) is 25.3 Å². The Morgan fingerprint density at radius 1 is 1.00 bits per heavy atom. The minimum absolute atomic E-state index is 0.346. The zero-order chi connectivity index (χ0) is 14.6. The van der Waals surface area contributed by atoms with Gasteiger partial charge in [0, 0.05) is 30.6 Å². The summed E-state index contributed by atoms with van der Waals surface area (Å²) in [5.74, 6) is 0.717. The van der Waals surface area contributed by atoms with Crippen LogP contribution >= 0.6 is 7.67 Å². The van der Waals surface area contributed by atoms with Gasteiger partial charge in [0.2, 0.25) is 0 Å². The largest absolute Gasteiger partial charge is 0.421 e. The Kier molecular flexibility index (Phi) is 2.90. The van der Waals surface area contributed by atoms with Gasteiger partial charge in [-0.15, -0.1) is 0 Å². The normalized spacial score (nSPS) is 33.4. The Morgan fingerprint density at radius 2 is 1.57 bits per heavy atom. The molecule has 0 saturated carbocycles. The van der Waals surface area contributed by atoms with Crippen molar-refractivity contribution in [1.29, 1.82) is 0 Å². The summed E-state index contributed by atoms with van der Waals surface area (Å²) in [6.07, 6.45) is 0. The molecule has 2 fully saturated rings. The van der Waals surface area contributed by atoms with E-state index in [1.54, 1.807) is 0 Å². The van der Waals surface area contributed by atoms with Crippen LogP contribution in [0.3, 0.4) is 0 Å². The molecule has 110 valence electrons. The molecular weight excluding hydrogens is 283 g/mol. The smallest absolute Gasteiger partial charge is 0.396 e. The molecule has 2 saturated heterocycles. The fraction of sp³-hybridized carbons (Fsp3) is 0.375. The molecule has 2 aromatic rings. The van der Waals surface area contributed by atoms with Gasteiger partial charge in [0.15, 0.2) is 0 Å². The second kappa shape index (κ2) is 4.57. The third-order valence-electron chi connectivity index (χ3n) is 4.27. The highest BCUT2D eigenvalue weighted by molar-refractivity contribution is 7.55. The lowest BCUT2D eigenvalue weighted by Crippen LogP contribution is -2.13. The molecule has 4 atom stereocenters. The Morgan fingerprint density at radius 3 is 2.19 bits per heavy atom. The SMILES string of the molecule is C[C@H]1CN1P(=O)(Oc1cccc2ccccc12)N1C[C@@H]1C. The second-order valence-corrected chi connectivity index (χ2v) is 8.19. The highest BCUT2D eigenvalue weighted by Gasteiger charge is 2.57. The summed E-state index contributed by atoms with van der Waals surface area (Å²) in [6, 6.07) is 14.7. The summed E-state index contributed by atoms with van der Waals surface area (Å²) in [5, 5.41) is 2.13. The van der Waals surface area contributed by atoms with E-state index in [0.717, 1.165) is 29.6 Å². The molecule has 0 radical (unpaired) electrons. The average Bonchev–Trinajstić information content (AvgIpc) is 3.38. The minimum Gasteiger partial charge on any atom is -0.421 e. The van der Waals surface area contributed by atoms with E-state index in [1.807, 2.05) is 51.8 Å². The first-order chi connectivity index (χ1) is 10.1. The molecule has 2 aliphatic rings. The van der Waals surface area contributed by atoms with E-state index in [0.29, 0.717) is 12.1 Å². The second-order valence-electron chi connectivity index (χ2n) is 6.00. The van der Waals surface area contributed by atoms with E-state index >= 15 is 0 Å². The van der Waals surface area contributed by atoms with E-state index in [-0.39, 0.29) is 0 Å². The van der Waals surface area contributed by atoms with Gasteiger partial charge in [0.25, 0.3) is 0 Å². The Balaban J connectivity index is 1.74. The molecule has 2 heterocycles. The van der Waals surface area contributed by atoms with Gasteiger partial charge in [-0.1, -0.05) is 36.4 Å². The van der Waals surface area contributed by atoms with E-state index in [2.05, 4.69) is 13.8 Å². The van der Waals surface area contributed by atoms with E-state index in [1.165, 1.54) is 0 Å². The summed E-state index contributed by atoms with van der Waals surface area (Å²) in [5.41, 5.74) is 0. The van der Waals surface area contributed by atoms with Crippen molar-refractivity contribution in [2.75, 3.05) is 13.1 Å². The number of benzene rings is 2. The summed E-state index contributed by atoms with van der Waals surface area (Å²) < 4.78 is 23.5. The average molecular weight is 302 g/mol.